The first-order valence-corrected chi connectivity index (χ1v) is 11.0. The van der Waals surface area contributed by atoms with E-state index in [0.717, 1.165) is 42.6 Å². The van der Waals surface area contributed by atoms with Crippen LogP contribution >= 0.6 is 0 Å². The molecule has 1 spiro atoms. The predicted molar refractivity (Wildman–Crippen MR) is 118 cm³/mol. The second kappa shape index (κ2) is 7.64. The fourth-order valence-electron chi connectivity index (χ4n) is 5.29. The summed E-state index contributed by atoms with van der Waals surface area (Å²) in [5, 5.41) is 1.29. The molecule has 0 radical (unpaired) electrons. The van der Waals surface area contributed by atoms with E-state index < -0.39 is 0 Å². The number of likely N-dealkylation sites (tertiary alicyclic amines) is 1. The van der Waals surface area contributed by atoms with Crippen molar-refractivity contribution in [3.8, 4) is 0 Å². The summed E-state index contributed by atoms with van der Waals surface area (Å²) in [6.45, 7) is 5.79. The maximum Gasteiger partial charge on any atom is 0.345 e. The van der Waals surface area contributed by atoms with Crippen LogP contribution in [0.5, 0.6) is 0 Å². The Hall–Kier alpha value is -2.93. The van der Waals surface area contributed by atoms with E-state index in [0.29, 0.717) is 31.6 Å². The zero-order chi connectivity index (χ0) is 21.6. The first-order chi connectivity index (χ1) is 15.0. The third-order valence-electron chi connectivity index (χ3n) is 6.97. The van der Waals surface area contributed by atoms with Crippen LogP contribution in [-0.4, -0.2) is 45.5 Å². The molecular formula is C24H28N4O3. The topological polar surface area (TPSA) is 91.1 Å². The molecule has 2 aliphatic rings. The molecule has 31 heavy (non-hydrogen) atoms. The van der Waals surface area contributed by atoms with E-state index in [2.05, 4.69) is 39.2 Å². The molecule has 162 valence electrons. The van der Waals surface area contributed by atoms with Crippen LogP contribution in [-0.2, 0) is 28.0 Å². The van der Waals surface area contributed by atoms with Crippen molar-refractivity contribution in [2.75, 3.05) is 19.7 Å². The van der Waals surface area contributed by atoms with Gasteiger partial charge in [-0.05, 0) is 56.7 Å². The highest BCUT2D eigenvalue weighted by atomic mass is 16.5. The Kier molecular flexibility index (Phi) is 4.93. The predicted octanol–water partition coefficient (Wildman–Crippen LogP) is 2.89. The van der Waals surface area contributed by atoms with Crippen molar-refractivity contribution >= 4 is 16.8 Å². The number of piperidine rings is 1. The number of fused-ring (bicyclic) bond motifs is 4. The average Bonchev–Trinajstić information content (AvgIpc) is 3.14. The molecule has 0 aliphatic carbocycles. The molecule has 7 nitrogen and oxygen atoms in total. The van der Waals surface area contributed by atoms with Crippen molar-refractivity contribution in [2.24, 2.45) is 0 Å². The van der Waals surface area contributed by atoms with Gasteiger partial charge in [0.1, 0.15) is 5.60 Å². The Morgan fingerprint density at radius 3 is 2.74 bits per heavy atom. The summed E-state index contributed by atoms with van der Waals surface area (Å²) in [6, 6.07) is 8.44. The van der Waals surface area contributed by atoms with Crippen LogP contribution in [0.15, 0.2) is 29.1 Å². The average molecular weight is 421 g/mol. The maximum absolute atomic E-state index is 12.9. The molecule has 5 rings (SSSR count). The molecule has 1 aromatic carbocycles. The number of carbonyl (C=O) groups excluding carboxylic acids is 1. The molecule has 3 aromatic rings. The normalized spacial score (nSPS) is 17.8. The van der Waals surface area contributed by atoms with Crippen LogP contribution < -0.4 is 5.69 Å². The van der Waals surface area contributed by atoms with Crippen LogP contribution in [0.4, 0.5) is 0 Å². The number of hydrogen-bond acceptors (Lipinski definition) is 4. The van der Waals surface area contributed by atoms with Gasteiger partial charge in [-0.3, -0.25) is 4.79 Å². The number of H-pyrrole nitrogens is 2. The van der Waals surface area contributed by atoms with Crippen LogP contribution in [0.3, 0.4) is 0 Å². The largest absolute Gasteiger partial charge is 0.368 e. The second-order valence-electron chi connectivity index (χ2n) is 8.73. The van der Waals surface area contributed by atoms with Gasteiger partial charge in [-0.25, -0.2) is 4.79 Å². The number of hydrogen-bond donors (Lipinski definition) is 2. The van der Waals surface area contributed by atoms with E-state index >= 15 is 0 Å². The number of aromatic amines is 2. The van der Waals surface area contributed by atoms with Crippen molar-refractivity contribution in [1.29, 1.82) is 0 Å². The molecule has 0 atom stereocenters. The summed E-state index contributed by atoms with van der Waals surface area (Å²) in [7, 11) is 0. The number of carbonyl (C=O) groups is 1. The summed E-state index contributed by atoms with van der Waals surface area (Å²) < 4.78 is 6.35. The number of aryl methyl sites for hydroxylation is 2. The summed E-state index contributed by atoms with van der Waals surface area (Å²) >= 11 is 0. The lowest BCUT2D eigenvalue weighted by Crippen LogP contribution is -2.48. The number of rotatable bonds is 3. The molecule has 2 N–H and O–H groups in total. The molecule has 2 aliphatic heterocycles. The van der Waals surface area contributed by atoms with Gasteiger partial charge in [0.25, 0.3) is 0 Å². The molecule has 0 bridgehead atoms. The first-order valence-electron chi connectivity index (χ1n) is 11.0. The van der Waals surface area contributed by atoms with Crippen LogP contribution in [0.2, 0.25) is 0 Å². The lowest BCUT2D eigenvalue weighted by atomic mass is 9.83. The van der Waals surface area contributed by atoms with E-state index in [1.165, 1.54) is 16.6 Å². The van der Waals surface area contributed by atoms with Crippen molar-refractivity contribution in [2.45, 2.75) is 51.6 Å². The third kappa shape index (κ3) is 3.47. The van der Waals surface area contributed by atoms with Gasteiger partial charge in [-0.1, -0.05) is 18.2 Å². The minimum atomic E-state index is -0.338. The molecule has 0 saturated carbocycles. The van der Waals surface area contributed by atoms with Crippen LogP contribution in [0.25, 0.3) is 10.9 Å². The smallest absolute Gasteiger partial charge is 0.345 e. The van der Waals surface area contributed by atoms with Gasteiger partial charge in [-0.15, -0.1) is 0 Å². The molecule has 1 amide bonds. The second-order valence-corrected chi connectivity index (χ2v) is 8.73. The summed E-state index contributed by atoms with van der Waals surface area (Å²) in [4.78, 5) is 36.7. The lowest BCUT2D eigenvalue weighted by molar-refractivity contribution is -0.141. The van der Waals surface area contributed by atoms with Gasteiger partial charge in [0, 0.05) is 41.8 Å². The number of nitrogens with zero attached hydrogens (tertiary/aromatic N) is 2. The number of aromatic nitrogens is 3. The molecular weight excluding hydrogens is 392 g/mol. The number of benzene rings is 1. The molecule has 1 saturated heterocycles. The zero-order valence-electron chi connectivity index (χ0n) is 18.1. The van der Waals surface area contributed by atoms with E-state index in [1.54, 1.807) is 0 Å². The van der Waals surface area contributed by atoms with E-state index in [4.69, 9.17) is 4.74 Å². The Morgan fingerprint density at radius 1 is 1.19 bits per heavy atom. The minimum Gasteiger partial charge on any atom is -0.368 e. The fraction of sp³-hybridized carbons (Fsp3) is 0.458. The van der Waals surface area contributed by atoms with Gasteiger partial charge in [0.05, 0.1) is 12.3 Å². The Labute approximate surface area is 180 Å². The SMILES string of the molecule is Cc1nc(=O)[nH]c(C)c1CCC(=O)N1CCC2(CC1)OCCc1c2[nH]c2ccccc12. The zero-order valence-corrected chi connectivity index (χ0v) is 18.1. The van der Waals surface area contributed by atoms with Gasteiger partial charge in [-0.2, -0.15) is 4.98 Å². The highest BCUT2D eigenvalue weighted by Gasteiger charge is 2.43. The Morgan fingerprint density at radius 2 is 1.97 bits per heavy atom. The first kappa shape index (κ1) is 20.0. The van der Waals surface area contributed by atoms with E-state index in [1.807, 2.05) is 18.7 Å². The lowest BCUT2D eigenvalue weighted by Gasteiger charge is -2.43. The molecule has 7 heteroatoms. The Balaban J connectivity index is 1.28. The van der Waals surface area contributed by atoms with Crippen molar-refractivity contribution < 1.29 is 9.53 Å². The monoisotopic (exact) mass is 420 g/mol. The molecule has 2 aromatic heterocycles. The minimum absolute atomic E-state index is 0.146. The van der Waals surface area contributed by atoms with E-state index in [9.17, 15) is 9.59 Å². The quantitative estimate of drug-likeness (QED) is 0.682. The summed E-state index contributed by atoms with van der Waals surface area (Å²) in [6.07, 6.45) is 3.54. The van der Waals surface area contributed by atoms with Crippen molar-refractivity contribution in [3.05, 3.63) is 63.0 Å². The van der Waals surface area contributed by atoms with Gasteiger partial charge in [0.2, 0.25) is 5.91 Å². The summed E-state index contributed by atoms with van der Waals surface area (Å²) in [5.74, 6) is 0.146. The standard InChI is InChI=1S/C24H28N4O3/c1-15-17(16(2)26-23(30)25-15)7-8-21(29)28-12-10-24(11-13-28)22-19(9-14-31-24)18-5-3-4-6-20(18)27-22/h3-6,27H,7-14H2,1-2H3,(H,25,26,30). The van der Waals surface area contributed by atoms with Gasteiger partial charge in [0.15, 0.2) is 0 Å². The highest BCUT2D eigenvalue weighted by molar-refractivity contribution is 5.85. The van der Waals surface area contributed by atoms with Crippen molar-refractivity contribution in [1.82, 2.24) is 19.9 Å². The van der Waals surface area contributed by atoms with Crippen LogP contribution in [0, 0.1) is 13.8 Å². The van der Waals surface area contributed by atoms with Gasteiger partial charge >= 0.3 is 5.69 Å². The molecule has 0 unspecified atom stereocenters. The highest BCUT2D eigenvalue weighted by Crippen LogP contribution is 2.43. The number of amides is 1. The number of para-hydroxylation sites is 1. The van der Waals surface area contributed by atoms with Crippen LogP contribution in [0.1, 0.15) is 47.5 Å². The third-order valence-corrected chi connectivity index (χ3v) is 6.97. The fourth-order valence-corrected chi connectivity index (χ4v) is 5.29. The number of ether oxygens (including phenoxy) is 1. The maximum atomic E-state index is 12.9. The molecule has 1 fully saturated rings. The van der Waals surface area contributed by atoms with E-state index in [-0.39, 0.29) is 17.2 Å². The number of nitrogens with one attached hydrogen (secondary N) is 2. The Bertz CT molecular complexity index is 1170. The summed E-state index contributed by atoms with van der Waals surface area (Å²) in [5.41, 5.74) is 5.54. The van der Waals surface area contributed by atoms with Gasteiger partial charge < -0.3 is 19.6 Å². The van der Waals surface area contributed by atoms with Crippen molar-refractivity contribution in [3.63, 3.8) is 0 Å². The molecule has 4 heterocycles.